The summed E-state index contributed by atoms with van der Waals surface area (Å²) in [6.45, 7) is 0.736. The Hall–Kier alpha value is -1.61. The number of hydrogen-bond acceptors (Lipinski definition) is 5. The van der Waals surface area contributed by atoms with Crippen LogP contribution in [0.25, 0.3) is 10.2 Å². The molecule has 3 aromatic rings. The molecular weight excluding hydrogens is 460 g/mol. The molecule has 0 saturated carbocycles. The Balaban J connectivity index is 1.69. The van der Waals surface area contributed by atoms with Gasteiger partial charge >= 0.3 is 0 Å². The van der Waals surface area contributed by atoms with Crippen LogP contribution in [0.3, 0.4) is 0 Å². The number of thiazole rings is 1. The van der Waals surface area contributed by atoms with Gasteiger partial charge in [-0.25, -0.2) is 8.42 Å². The summed E-state index contributed by atoms with van der Waals surface area (Å²) < 4.78 is 27.6. The van der Waals surface area contributed by atoms with Crippen molar-refractivity contribution in [3.8, 4) is 0 Å². The number of halogens is 1. The Bertz CT molecular complexity index is 1190. The molecule has 1 amide bonds. The van der Waals surface area contributed by atoms with Crippen molar-refractivity contribution in [2.24, 2.45) is 4.99 Å². The van der Waals surface area contributed by atoms with E-state index < -0.39 is 9.84 Å². The quantitative estimate of drug-likeness (QED) is 0.449. The van der Waals surface area contributed by atoms with Crippen LogP contribution in [0.1, 0.15) is 18.4 Å². The van der Waals surface area contributed by atoms with Gasteiger partial charge in [0.25, 0.3) is 0 Å². The van der Waals surface area contributed by atoms with Crippen molar-refractivity contribution in [2.75, 3.05) is 17.8 Å². The minimum absolute atomic E-state index is 0.00900. The maximum absolute atomic E-state index is 12.4. The van der Waals surface area contributed by atoms with Crippen molar-refractivity contribution in [1.29, 1.82) is 0 Å². The molecule has 0 bridgehead atoms. The molecule has 0 atom stereocenters. The molecule has 5 nitrogen and oxygen atoms in total. The summed E-state index contributed by atoms with van der Waals surface area (Å²) in [7, 11) is -3.26. The van der Waals surface area contributed by atoms with Crippen LogP contribution in [0.2, 0.25) is 5.02 Å². The van der Waals surface area contributed by atoms with E-state index in [1.54, 1.807) is 23.9 Å². The highest BCUT2D eigenvalue weighted by Gasteiger charge is 2.13. The van der Waals surface area contributed by atoms with Crippen LogP contribution in [-0.4, -0.2) is 36.7 Å². The van der Waals surface area contributed by atoms with Gasteiger partial charge in [0, 0.05) is 23.7 Å². The molecule has 2 aromatic carbocycles. The lowest BCUT2D eigenvalue weighted by Gasteiger charge is -2.04. The van der Waals surface area contributed by atoms with Crippen molar-refractivity contribution in [3.63, 3.8) is 0 Å². The summed E-state index contributed by atoms with van der Waals surface area (Å²) in [5, 5.41) is 0.641. The third kappa shape index (κ3) is 6.44. The maximum atomic E-state index is 12.4. The highest BCUT2D eigenvalue weighted by Crippen LogP contribution is 2.22. The van der Waals surface area contributed by atoms with Crippen LogP contribution in [0.4, 0.5) is 0 Å². The molecule has 0 unspecified atom stereocenters. The first-order valence-corrected chi connectivity index (χ1v) is 13.9. The normalized spacial score (nSPS) is 12.5. The number of carbonyl (C=O) groups is 1. The Morgan fingerprint density at radius 1 is 1.20 bits per heavy atom. The Morgan fingerprint density at radius 3 is 2.70 bits per heavy atom. The van der Waals surface area contributed by atoms with Crippen LogP contribution in [0, 0.1) is 0 Å². The van der Waals surface area contributed by atoms with Crippen LogP contribution >= 0.6 is 34.7 Å². The van der Waals surface area contributed by atoms with E-state index in [9.17, 15) is 13.2 Å². The largest absolute Gasteiger partial charge is 0.316 e. The van der Waals surface area contributed by atoms with E-state index >= 15 is 0 Å². The van der Waals surface area contributed by atoms with Crippen molar-refractivity contribution >= 4 is 60.7 Å². The highest BCUT2D eigenvalue weighted by atomic mass is 35.5. The lowest BCUT2D eigenvalue weighted by Crippen LogP contribution is -2.18. The highest BCUT2D eigenvalue weighted by molar-refractivity contribution is 7.98. The fourth-order valence-corrected chi connectivity index (χ4v) is 6.18. The molecule has 0 fully saturated rings. The maximum Gasteiger partial charge on any atom is 0.248 e. The summed E-state index contributed by atoms with van der Waals surface area (Å²) in [4.78, 5) is 17.3. The first-order chi connectivity index (χ1) is 14.4. The second-order valence-corrected chi connectivity index (χ2v) is 11.4. The zero-order valence-corrected chi connectivity index (χ0v) is 19.8. The van der Waals surface area contributed by atoms with Crippen LogP contribution in [0.5, 0.6) is 0 Å². The third-order valence-corrected chi connectivity index (χ3v) is 8.01. The van der Waals surface area contributed by atoms with Gasteiger partial charge in [0.15, 0.2) is 14.6 Å². The Labute approximate surface area is 189 Å². The lowest BCUT2D eigenvalue weighted by molar-refractivity contribution is -0.118. The summed E-state index contributed by atoms with van der Waals surface area (Å²) in [6.07, 6.45) is 2.40. The number of thioether (sulfide) groups is 1. The van der Waals surface area contributed by atoms with E-state index in [1.165, 1.54) is 11.3 Å². The van der Waals surface area contributed by atoms with Gasteiger partial charge in [0.1, 0.15) is 0 Å². The van der Waals surface area contributed by atoms with E-state index in [2.05, 4.69) is 4.99 Å². The minimum atomic E-state index is -3.26. The summed E-state index contributed by atoms with van der Waals surface area (Å²) in [5.41, 5.74) is 1.75. The van der Waals surface area contributed by atoms with Crippen LogP contribution in [-0.2, 0) is 26.9 Å². The molecule has 9 heteroatoms. The van der Waals surface area contributed by atoms with Crippen LogP contribution in [0.15, 0.2) is 53.5 Å². The fourth-order valence-electron chi connectivity index (χ4n) is 3.04. The average molecular weight is 483 g/mol. The summed E-state index contributed by atoms with van der Waals surface area (Å²) >= 11 is 9.24. The van der Waals surface area contributed by atoms with Gasteiger partial charge in [-0.15, -0.1) is 0 Å². The molecule has 0 N–H and O–H groups in total. The third-order valence-electron chi connectivity index (χ3n) is 4.46. The molecule has 0 radical (unpaired) electrons. The van der Waals surface area contributed by atoms with Gasteiger partial charge in [0.05, 0.1) is 21.7 Å². The smallest absolute Gasteiger partial charge is 0.248 e. The van der Waals surface area contributed by atoms with Gasteiger partial charge < -0.3 is 4.57 Å². The molecule has 30 heavy (non-hydrogen) atoms. The van der Waals surface area contributed by atoms with Crippen molar-refractivity contribution < 1.29 is 13.2 Å². The number of benzene rings is 2. The molecule has 0 aliphatic heterocycles. The molecule has 0 aliphatic carbocycles. The summed E-state index contributed by atoms with van der Waals surface area (Å²) in [6, 6.07) is 14.7. The number of aromatic nitrogens is 1. The second-order valence-electron chi connectivity index (χ2n) is 6.83. The van der Waals surface area contributed by atoms with Crippen molar-refractivity contribution in [3.05, 3.63) is 63.9 Å². The monoisotopic (exact) mass is 482 g/mol. The van der Waals surface area contributed by atoms with E-state index in [-0.39, 0.29) is 30.3 Å². The van der Waals surface area contributed by atoms with Gasteiger partial charge in [-0.1, -0.05) is 53.3 Å². The number of carbonyl (C=O) groups excluding carboxylic acids is 1. The first kappa shape index (κ1) is 23.1. The molecule has 0 spiro atoms. The minimum Gasteiger partial charge on any atom is -0.316 e. The molecule has 0 saturated heterocycles. The summed E-state index contributed by atoms with van der Waals surface area (Å²) in [5.74, 6) is 0.552. The number of hydrogen-bond donors (Lipinski definition) is 0. The van der Waals surface area contributed by atoms with E-state index in [0.29, 0.717) is 9.82 Å². The molecule has 3 rings (SSSR count). The van der Waals surface area contributed by atoms with Crippen molar-refractivity contribution in [1.82, 2.24) is 4.57 Å². The van der Waals surface area contributed by atoms with E-state index in [0.717, 1.165) is 28.1 Å². The molecular formula is C21H23ClN2O3S3. The van der Waals surface area contributed by atoms with Gasteiger partial charge in [0.2, 0.25) is 5.91 Å². The predicted octanol–water partition coefficient (Wildman–Crippen LogP) is 4.54. The first-order valence-electron chi connectivity index (χ1n) is 9.48. The van der Waals surface area contributed by atoms with Crippen molar-refractivity contribution in [2.45, 2.75) is 25.1 Å². The van der Waals surface area contributed by atoms with Gasteiger partial charge in [-0.3, -0.25) is 4.79 Å². The standard InChI is InChI=1S/C21H23ClN2O3S3/c1-28-12-11-24-18-10-9-17(22)14-19(18)29-21(24)23-20(25)8-5-13-30(26,27)15-16-6-3-2-4-7-16/h2-4,6-7,9-10,14H,5,8,11-13,15H2,1H3. The SMILES string of the molecule is CSCCn1c(=NC(=O)CCCS(=O)(=O)Cc2ccccc2)sc2cc(Cl)ccc21. The molecule has 1 heterocycles. The average Bonchev–Trinajstić information content (AvgIpc) is 3.02. The Kier molecular flexibility index (Phi) is 8.16. The zero-order chi connectivity index (χ0) is 21.6. The number of sulfone groups is 1. The number of nitrogens with zero attached hydrogens (tertiary/aromatic N) is 2. The number of rotatable bonds is 9. The topological polar surface area (TPSA) is 68.5 Å². The number of fused-ring (bicyclic) bond motifs is 1. The van der Waals surface area contributed by atoms with Gasteiger partial charge in [-0.05, 0) is 36.4 Å². The number of aryl methyl sites for hydroxylation is 1. The van der Waals surface area contributed by atoms with E-state index in [4.69, 9.17) is 11.6 Å². The predicted molar refractivity (Wildman–Crippen MR) is 127 cm³/mol. The zero-order valence-electron chi connectivity index (χ0n) is 16.6. The molecule has 0 aliphatic rings. The molecule has 160 valence electrons. The van der Waals surface area contributed by atoms with Crippen LogP contribution < -0.4 is 4.80 Å². The second kappa shape index (κ2) is 10.6. The number of amides is 1. The van der Waals surface area contributed by atoms with E-state index in [1.807, 2.05) is 47.2 Å². The molecule has 1 aromatic heterocycles. The fraction of sp³-hybridized carbons (Fsp3) is 0.333. The lowest BCUT2D eigenvalue weighted by atomic mass is 10.2. The van der Waals surface area contributed by atoms with Gasteiger partial charge in [-0.2, -0.15) is 16.8 Å². The Morgan fingerprint density at radius 2 is 1.97 bits per heavy atom.